The number of halogens is 1. The number of rotatable bonds is 1. The Morgan fingerprint density at radius 1 is 1.17 bits per heavy atom. The molecule has 0 bridgehead atoms. The predicted octanol–water partition coefficient (Wildman–Crippen LogP) is 4.41. The normalized spacial score (nSPS) is 14.6. The maximum Gasteiger partial charge on any atom is 0.347 e. The molecule has 1 aliphatic heterocycles. The summed E-state index contributed by atoms with van der Waals surface area (Å²) in [7, 11) is 0. The van der Waals surface area contributed by atoms with E-state index in [1.165, 1.54) is 0 Å². The van der Waals surface area contributed by atoms with Crippen LogP contribution in [0.1, 0.15) is 11.1 Å². The number of hydrogen-bond donors (Lipinski definition) is 1. The quantitative estimate of drug-likeness (QED) is 0.675. The Balaban J connectivity index is 1.96. The second-order valence-corrected chi connectivity index (χ2v) is 5.60. The fourth-order valence-electron chi connectivity index (χ4n) is 2.61. The first-order valence-electron chi connectivity index (χ1n) is 6.94. The van der Waals surface area contributed by atoms with Gasteiger partial charge in [-0.15, -0.1) is 0 Å². The molecule has 0 spiro atoms. The second-order valence-electron chi connectivity index (χ2n) is 5.17. The zero-order valence-electron chi connectivity index (χ0n) is 11.8. The van der Waals surface area contributed by atoms with E-state index in [0.717, 1.165) is 16.8 Å². The first-order chi connectivity index (χ1) is 11.1. The first-order valence-corrected chi connectivity index (χ1v) is 7.32. The van der Waals surface area contributed by atoms with Crippen molar-refractivity contribution in [2.24, 2.45) is 4.99 Å². The van der Waals surface area contributed by atoms with Gasteiger partial charge in [-0.1, -0.05) is 29.8 Å². The lowest BCUT2D eigenvalue weighted by Gasteiger charge is -2.05. The van der Waals surface area contributed by atoms with Crippen molar-refractivity contribution in [3.63, 3.8) is 0 Å². The number of aliphatic imine (C=N–C) groups is 1. The monoisotopic (exact) mass is 323 g/mol. The molecule has 0 unspecified atom stereocenters. The fraction of sp³-hybridized carbons (Fsp3) is 0. The molecule has 0 saturated carbocycles. The molecule has 0 aliphatic carbocycles. The number of hydrogen-bond acceptors (Lipinski definition) is 4. The van der Waals surface area contributed by atoms with Crippen LogP contribution in [0.3, 0.4) is 0 Å². The molecule has 0 saturated heterocycles. The molecule has 4 rings (SSSR count). The summed E-state index contributed by atoms with van der Waals surface area (Å²) in [5, 5.41) is 11.3. The van der Waals surface area contributed by atoms with Gasteiger partial charge in [-0.25, -0.2) is 4.79 Å². The van der Waals surface area contributed by atoms with Crippen LogP contribution in [-0.4, -0.2) is 11.3 Å². The van der Waals surface area contributed by atoms with Crippen LogP contribution in [0.15, 0.2) is 56.7 Å². The Labute approximate surface area is 136 Å². The summed E-state index contributed by atoms with van der Waals surface area (Å²) in [6, 6.07) is 12.3. The van der Waals surface area contributed by atoms with E-state index in [-0.39, 0.29) is 11.3 Å². The average molecular weight is 324 g/mol. The van der Waals surface area contributed by atoms with Crippen LogP contribution in [0.2, 0.25) is 5.02 Å². The summed E-state index contributed by atoms with van der Waals surface area (Å²) >= 11 is 5.95. The van der Waals surface area contributed by atoms with E-state index in [9.17, 15) is 9.90 Å². The van der Waals surface area contributed by atoms with Crippen molar-refractivity contribution < 1.29 is 9.52 Å². The molecule has 23 heavy (non-hydrogen) atoms. The molecular weight excluding hydrogens is 314 g/mol. The topological polar surface area (TPSA) is 62.8 Å². The number of benzene rings is 2. The van der Waals surface area contributed by atoms with Gasteiger partial charge >= 0.3 is 5.63 Å². The van der Waals surface area contributed by atoms with Gasteiger partial charge in [0, 0.05) is 22.4 Å². The van der Waals surface area contributed by atoms with Gasteiger partial charge in [-0.2, -0.15) is 0 Å². The zero-order valence-corrected chi connectivity index (χ0v) is 12.5. The van der Waals surface area contributed by atoms with Crippen molar-refractivity contribution in [1.29, 1.82) is 0 Å². The van der Waals surface area contributed by atoms with Crippen molar-refractivity contribution in [3.05, 3.63) is 69.0 Å². The van der Waals surface area contributed by atoms with Crippen molar-refractivity contribution in [3.8, 4) is 5.75 Å². The molecule has 4 nitrogen and oxygen atoms in total. The molecule has 0 atom stereocenters. The summed E-state index contributed by atoms with van der Waals surface area (Å²) in [5.74, 6) is -0.149. The van der Waals surface area contributed by atoms with E-state index in [1.54, 1.807) is 30.5 Å². The molecule has 2 heterocycles. The molecule has 0 amide bonds. The molecule has 5 heteroatoms. The van der Waals surface area contributed by atoms with Crippen molar-refractivity contribution in [2.45, 2.75) is 0 Å². The van der Waals surface area contributed by atoms with Gasteiger partial charge in [-0.3, -0.25) is 4.99 Å². The highest BCUT2D eigenvalue weighted by molar-refractivity contribution is 6.31. The smallest absolute Gasteiger partial charge is 0.347 e. The van der Waals surface area contributed by atoms with Gasteiger partial charge in [0.15, 0.2) is 0 Å². The molecule has 0 radical (unpaired) electrons. The van der Waals surface area contributed by atoms with Crippen LogP contribution in [0.4, 0.5) is 5.69 Å². The molecule has 3 aromatic rings. The van der Waals surface area contributed by atoms with E-state index >= 15 is 0 Å². The van der Waals surface area contributed by atoms with Crippen LogP contribution in [0.5, 0.6) is 5.75 Å². The minimum absolute atomic E-state index is 0.0814. The zero-order chi connectivity index (χ0) is 16.0. The molecule has 1 N–H and O–H groups in total. The van der Waals surface area contributed by atoms with Gasteiger partial charge in [0.1, 0.15) is 16.9 Å². The van der Waals surface area contributed by atoms with E-state index in [4.69, 9.17) is 16.0 Å². The molecule has 0 fully saturated rings. The Hall–Kier alpha value is -2.85. The third-order valence-electron chi connectivity index (χ3n) is 3.73. The molecule has 2 aromatic carbocycles. The Morgan fingerprint density at radius 2 is 2.00 bits per heavy atom. The minimum atomic E-state index is -0.609. The maximum atomic E-state index is 12.2. The standard InChI is InChI=1S/C18H10ClNO3/c19-11-5-6-16-13(8-11)17(21)14(18(22)23-16)7-10-9-20-15-4-2-1-3-12(10)15/h1-9,21H/b10-7+. The first kappa shape index (κ1) is 13.8. The Morgan fingerprint density at radius 3 is 2.87 bits per heavy atom. The van der Waals surface area contributed by atoms with Gasteiger partial charge in [-0.05, 0) is 30.3 Å². The van der Waals surface area contributed by atoms with Crippen molar-refractivity contribution >= 4 is 46.1 Å². The predicted molar refractivity (Wildman–Crippen MR) is 91.6 cm³/mol. The number of aromatic hydroxyl groups is 1. The molecular formula is C18H10ClNO3. The molecule has 1 aromatic heterocycles. The Kier molecular flexibility index (Phi) is 3.06. The molecule has 112 valence electrons. The van der Waals surface area contributed by atoms with Gasteiger partial charge < -0.3 is 9.52 Å². The second kappa shape index (κ2) is 5.11. The lowest BCUT2D eigenvalue weighted by Crippen LogP contribution is -2.04. The Bertz CT molecular complexity index is 1060. The summed E-state index contributed by atoms with van der Waals surface area (Å²) < 4.78 is 5.26. The number of para-hydroxylation sites is 1. The SMILES string of the molecule is O=c1oc2ccc(Cl)cc2c(O)c1/C=C1\C=Nc2ccccc21. The number of nitrogens with zero attached hydrogens (tertiary/aromatic N) is 1. The van der Waals surface area contributed by atoms with E-state index in [2.05, 4.69) is 4.99 Å². The average Bonchev–Trinajstić information content (AvgIpc) is 2.95. The number of fused-ring (bicyclic) bond motifs is 2. The van der Waals surface area contributed by atoms with E-state index in [0.29, 0.717) is 16.0 Å². The van der Waals surface area contributed by atoms with Gasteiger partial charge in [0.05, 0.1) is 11.1 Å². The fourth-order valence-corrected chi connectivity index (χ4v) is 2.78. The maximum absolute atomic E-state index is 12.2. The summed E-state index contributed by atoms with van der Waals surface area (Å²) in [5.41, 5.74) is 2.23. The summed E-state index contributed by atoms with van der Waals surface area (Å²) in [6.07, 6.45) is 3.24. The van der Waals surface area contributed by atoms with E-state index in [1.807, 2.05) is 24.3 Å². The number of allylic oxidation sites excluding steroid dienone is 1. The van der Waals surface area contributed by atoms with Crippen LogP contribution in [-0.2, 0) is 0 Å². The van der Waals surface area contributed by atoms with Crippen LogP contribution in [0, 0.1) is 0 Å². The highest BCUT2D eigenvalue weighted by Gasteiger charge is 2.16. The van der Waals surface area contributed by atoms with Gasteiger partial charge in [0.2, 0.25) is 0 Å². The third-order valence-corrected chi connectivity index (χ3v) is 3.97. The molecule has 1 aliphatic rings. The third kappa shape index (κ3) is 2.24. The highest BCUT2D eigenvalue weighted by Crippen LogP contribution is 2.35. The summed E-state index contributed by atoms with van der Waals surface area (Å²) in [6.45, 7) is 0. The van der Waals surface area contributed by atoms with E-state index < -0.39 is 5.63 Å². The van der Waals surface area contributed by atoms with Gasteiger partial charge in [0.25, 0.3) is 0 Å². The van der Waals surface area contributed by atoms with Crippen LogP contribution < -0.4 is 5.63 Å². The largest absolute Gasteiger partial charge is 0.506 e. The minimum Gasteiger partial charge on any atom is -0.506 e. The summed E-state index contributed by atoms with van der Waals surface area (Å²) in [4.78, 5) is 16.5. The highest BCUT2D eigenvalue weighted by atomic mass is 35.5. The van der Waals surface area contributed by atoms with Crippen LogP contribution in [0.25, 0.3) is 22.6 Å². The van der Waals surface area contributed by atoms with Crippen molar-refractivity contribution in [1.82, 2.24) is 0 Å². The van der Waals surface area contributed by atoms with Crippen LogP contribution >= 0.6 is 11.6 Å². The lowest BCUT2D eigenvalue weighted by molar-refractivity contribution is 0.466. The lowest BCUT2D eigenvalue weighted by atomic mass is 10.0. The van der Waals surface area contributed by atoms with Crippen molar-refractivity contribution in [2.75, 3.05) is 0 Å².